The molecule has 0 saturated heterocycles. The Morgan fingerprint density at radius 3 is 1.77 bits per heavy atom. The molecule has 0 bridgehead atoms. The highest BCUT2D eigenvalue weighted by atomic mass is 32.1. The Morgan fingerprint density at radius 2 is 1.00 bits per heavy atom. The van der Waals surface area contributed by atoms with Crippen molar-refractivity contribution >= 4 is 27.2 Å². The van der Waals surface area contributed by atoms with E-state index in [1.807, 2.05) is 96.3 Å². The Morgan fingerprint density at radius 1 is 0.429 bits per heavy atom. The first kappa shape index (κ1) is 31.2. The molecule has 2 aliphatic carbocycles. The fourth-order valence-electron chi connectivity index (χ4n) is 8.70. The molecule has 56 heavy (non-hydrogen) atoms. The van der Waals surface area contributed by atoms with Crippen molar-refractivity contribution in [1.82, 2.24) is 15.0 Å². The lowest BCUT2D eigenvalue weighted by molar-refractivity contribution is 0.317. The van der Waals surface area contributed by atoms with Crippen LogP contribution >= 0.6 is 11.3 Å². The molecule has 0 N–H and O–H groups in total. The number of ether oxygens (including phenoxy) is 2. The van der Waals surface area contributed by atoms with E-state index in [9.17, 15) is 0 Å². The summed E-state index contributed by atoms with van der Waals surface area (Å²) in [5, 5.41) is 1.18. The number of benzene rings is 7. The highest BCUT2D eigenvalue weighted by molar-refractivity contribution is 7.19. The molecule has 262 valence electrons. The molecule has 0 saturated carbocycles. The van der Waals surface area contributed by atoms with Crippen LogP contribution < -0.4 is 9.47 Å². The molecule has 1 atom stereocenters. The van der Waals surface area contributed by atoms with Gasteiger partial charge in [0.05, 0.1) is 0 Å². The number of nitrogens with zero attached hydrogens (tertiary/aromatic N) is 3. The van der Waals surface area contributed by atoms with Crippen LogP contribution in [0.3, 0.4) is 0 Å². The second-order valence-electron chi connectivity index (χ2n) is 14.3. The van der Waals surface area contributed by atoms with E-state index in [4.69, 9.17) is 24.4 Å². The van der Waals surface area contributed by atoms with Crippen molar-refractivity contribution in [3.8, 4) is 67.9 Å². The highest BCUT2D eigenvalue weighted by Gasteiger charge is 2.58. The van der Waals surface area contributed by atoms with Crippen LogP contribution in [-0.2, 0) is 5.41 Å². The van der Waals surface area contributed by atoms with E-state index in [0.717, 1.165) is 56.4 Å². The first-order chi connectivity index (χ1) is 27.7. The minimum absolute atomic E-state index is 0.622. The predicted octanol–water partition coefficient (Wildman–Crippen LogP) is 12.2. The van der Waals surface area contributed by atoms with Crippen molar-refractivity contribution in [2.45, 2.75) is 5.41 Å². The standard InChI is InChI=1S/C50H29N3O2S/c1-3-14-30(15-4-1)47-51-48(31-16-5-2-6-17-31)53-49(52-47)34-19-13-18-32(28-34)33-26-27-36-35-20-7-9-22-38(35)50(39(36)29-33)45-44(54-40-23-10-11-24-41(40)55-45)43-37-21-8-12-25-42(37)56-46(43)50/h1-29H. The van der Waals surface area contributed by atoms with E-state index in [2.05, 4.69) is 91.0 Å². The lowest BCUT2D eigenvalue weighted by Gasteiger charge is -2.32. The normalized spacial score (nSPS) is 15.8. The van der Waals surface area contributed by atoms with Crippen LogP contribution in [0.25, 0.3) is 72.3 Å². The van der Waals surface area contributed by atoms with Gasteiger partial charge in [0.25, 0.3) is 0 Å². The second kappa shape index (κ2) is 11.9. The third-order valence-electron chi connectivity index (χ3n) is 11.2. The van der Waals surface area contributed by atoms with Gasteiger partial charge in [-0.05, 0) is 63.7 Å². The summed E-state index contributed by atoms with van der Waals surface area (Å²) in [6, 6.07) is 61.0. The van der Waals surface area contributed by atoms with Gasteiger partial charge in [-0.3, -0.25) is 0 Å². The monoisotopic (exact) mass is 735 g/mol. The van der Waals surface area contributed by atoms with E-state index < -0.39 is 5.41 Å². The first-order valence-electron chi connectivity index (χ1n) is 18.7. The number of thiophene rings is 1. The average Bonchev–Trinajstić information content (AvgIpc) is 3.89. The Bertz CT molecular complexity index is 3040. The number of allylic oxidation sites excluding steroid dienone is 1. The molecule has 3 aliphatic rings. The zero-order chi connectivity index (χ0) is 36.8. The molecule has 1 aliphatic heterocycles. The van der Waals surface area contributed by atoms with E-state index in [1.54, 1.807) is 0 Å². The summed E-state index contributed by atoms with van der Waals surface area (Å²) in [6.45, 7) is 0. The molecule has 2 aromatic heterocycles. The van der Waals surface area contributed by atoms with Crippen molar-refractivity contribution in [1.29, 1.82) is 0 Å². The molecule has 7 aromatic carbocycles. The van der Waals surface area contributed by atoms with Crippen molar-refractivity contribution < 1.29 is 9.47 Å². The summed E-state index contributed by atoms with van der Waals surface area (Å²) < 4.78 is 15.1. The van der Waals surface area contributed by atoms with Crippen LogP contribution in [0.2, 0.25) is 0 Å². The van der Waals surface area contributed by atoms with Gasteiger partial charge in [-0.25, -0.2) is 15.0 Å². The van der Waals surface area contributed by atoms with E-state index in [-0.39, 0.29) is 0 Å². The average molecular weight is 736 g/mol. The van der Waals surface area contributed by atoms with Gasteiger partial charge in [0, 0.05) is 37.2 Å². The Kier molecular flexibility index (Phi) is 6.65. The van der Waals surface area contributed by atoms with Gasteiger partial charge in [0.1, 0.15) is 5.41 Å². The van der Waals surface area contributed by atoms with Crippen molar-refractivity contribution in [3.05, 3.63) is 203 Å². The molecule has 0 radical (unpaired) electrons. The summed E-state index contributed by atoms with van der Waals surface area (Å²) in [5.74, 6) is 4.97. The van der Waals surface area contributed by atoms with Crippen LogP contribution in [0.4, 0.5) is 0 Å². The minimum Gasteiger partial charge on any atom is -0.452 e. The second-order valence-corrected chi connectivity index (χ2v) is 15.3. The van der Waals surface area contributed by atoms with Gasteiger partial charge in [-0.2, -0.15) is 0 Å². The molecule has 6 heteroatoms. The van der Waals surface area contributed by atoms with Gasteiger partial charge in [-0.1, -0.05) is 146 Å². The number of hydrogen-bond donors (Lipinski definition) is 0. The van der Waals surface area contributed by atoms with Gasteiger partial charge in [0.2, 0.25) is 0 Å². The van der Waals surface area contributed by atoms with Crippen LogP contribution in [0.15, 0.2) is 182 Å². The third-order valence-corrected chi connectivity index (χ3v) is 12.5. The molecule has 0 fully saturated rings. The molecule has 0 amide bonds. The SMILES string of the molecule is c1ccc(-c2nc(-c3ccccc3)nc(-c3cccc(-c4ccc5c(c4)C4(C6=C(Oc7ccccc7O6)c6c4sc4ccccc64)c4ccccc4-5)c3)n2)cc1. The zero-order valence-corrected chi connectivity index (χ0v) is 30.6. The number of fused-ring (bicyclic) bond motifs is 12. The molecule has 3 heterocycles. The molecule has 1 unspecified atom stereocenters. The molecule has 9 aromatic rings. The minimum atomic E-state index is -0.704. The number of hydrogen-bond acceptors (Lipinski definition) is 6. The van der Waals surface area contributed by atoms with Crippen molar-refractivity contribution in [3.63, 3.8) is 0 Å². The fraction of sp³-hybridized carbons (Fsp3) is 0.0200. The number of para-hydroxylation sites is 2. The van der Waals surface area contributed by atoms with Gasteiger partial charge in [0.15, 0.2) is 40.5 Å². The lowest BCUT2D eigenvalue weighted by Crippen LogP contribution is -2.30. The Balaban J connectivity index is 1.06. The van der Waals surface area contributed by atoms with Crippen LogP contribution in [0, 0.1) is 0 Å². The fourth-order valence-corrected chi connectivity index (χ4v) is 10.1. The topological polar surface area (TPSA) is 57.1 Å². The van der Waals surface area contributed by atoms with Crippen molar-refractivity contribution in [2.24, 2.45) is 0 Å². The van der Waals surface area contributed by atoms with Gasteiger partial charge < -0.3 is 9.47 Å². The molecule has 12 rings (SSSR count). The Hall–Kier alpha value is -7.15. The van der Waals surface area contributed by atoms with Crippen LogP contribution in [-0.4, -0.2) is 15.0 Å². The molecular weight excluding hydrogens is 707 g/mol. The molecular formula is C50H29N3O2S. The molecule has 5 nitrogen and oxygen atoms in total. The number of aromatic nitrogens is 3. The van der Waals surface area contributed by atoms with Gasteiger partial charge in [-0.15, -0.1) is 11.3 Å². The summed E-state index contributed by atoms with van der Waals surface area (Å²) in [4.78, 5) is 16.2. The quantitative estimate of drug-likeness (QED) is 0.180. The maximum absolute atomic E-state index is 7.05. The molecule has 1 spiro atoms. The first-order valence-corrected chi connectivity index (χ1v) is 19.5. The van der Waals surface area contributed by atoms with Crippen LogP contribution in [0.5, 0.6) is 11.5 Å². The maximum atomic E-state index is 7.05. The van der Waals surface area contributed by atoms with Gasteiger partial charge >= 0.3 is 0 Å². The number of rotatable bonds is 4. The maximum Gasteiger partial charge on any atom is 0.176 e. The third kappa shape index (κ3) is 4.45. The van der Waals surface area contributed by atoms with Crippen LogP contribution in [0.1, 0.15) is 21.6 Å². The predicted molar refractivity (Wildman–Crippen MR) is 223 cm³/mol. The summed E-state index contributed by atoms with van der Waals surface area (Å²) >= 11 is 1.83. The Labute approximate surface area is 326 Å². The van der Waals surface area contributed by atoms with E-state index in [1.165, 1.54) is 37.2 Å². The lowest BCUT2D eigenvalue weighted by atomic mass is 9.76. The summed E-state index contributed by atoms with van der Waals surface area (Å²) in [6.07, 6.45) is 0. The zero-order valence-electron chi connectivity index (χ0n) is 29.8. The van der Waals surface area contributed by atoms with E-state index >= 15 is 0 Å². The smallest absolute Gasteiger partial charge is 0.176 e. The largest absolute Gasteiger partial charge is 0.452 e. The summed E-state index contributed by atoms with van der Waals surface area (Å²) in [5.41, 5.74) is 10.1. The highest BCUT2D eigenvalue weighted by Crippen LogP contribution is 2.66. The van der Waals surface area contributed by atoms with E-state index in [0.29, 0.717) is 17.5 Å². The van der Waals surface area contributed by atoms with Crippen molar-refractivity contribution in [2.75, 3.05) is 0 Å². The summed E-state index contributed by atoms with van der Waals surface area (Å²) in [7, 11) is 0.